The summed E-state index contributed by atoms with van der Waals surface area (Å²) in [6.07, 6.45) is -4.57. The van der Waals surface area contributed by atoms with E-state index in [1.165, 1.54) is 18.2 Å². The summed E-state index contributed by atoms with van der Waals surface area (Å²) in [5.41, 5.74) is -2.15. The molecule has 0 unspecified atom stereocenters. The number of pyridine rings is 1. The molecular formula is C16H12F4N2O. The van der Waals surface area contributed by atoms with Crippen molar-refractivity contribution in [3.63, 3.8) is 0 Å². The zero-order chi connectivity index (χ0) is 16.8. The van der Waals surface area contributed by atoms with Crippen LogP contribution in [0.3, 0.4) is 0 Å². The molecule has 0 saturated heterocycles. The fraction of sp³-hybridized carbons (Fsp3) is 0.250. The Kier molecular flexibility index (Phi) is 3.58. The molecule has 0 aliphatic carbocycles. The number of aliphatic imine (C=N–C) groups is 1. The minimum atomic E-state index is -4.73. The van der Waals surface area contributed by atoms with Gasteiger partial charge in [-0.2, -0.15) is 13.2 Å². The van der Waals surface area contributed by atoms with Crippen LogP contribution in [0.5, 0.6) is 0 Å². The number of aromatic nitrogens is 1. The van der Waals surface area contributed by atoms with Crippen molar-refractivity contribution in [1.82, 2.24) is 4.98 Å². The molecule has 120 valence electrons. The average molecular weight is 324 g/mol. The molecule has 0 saturated carbocycles. The molecule has 0 radical (unpaired) electrons. The predicted octanol–water partition coefficient (Wildman–Crippen LogP) is 3.31. The highest BCUT2D eigenvalue weighted by molar-refractivity contribution is 6.15. The fourth-order valence-electron chi connectivity index (χ4n) is 2.74. The van der Waals surface area contributed by atoms with Gasteiger partial charge in [0, 0.05) is 29.3 Å². The molecule has 1 atom stereocenters. The van der Waals surface area contributed by atoms with E-state index < -0.39 is 23.1 Å². The Labute approximate surface area is 128 Å². The van der Waals surface area contributed by atoms with Crippen molar-refractivity contribution in [3.05, 3.63) is 68.9 Å². The van der Waals surface area contributed by atoms with Gasteiger partial charge in [0.25, 0.3) is 0 Å². The highest BCUT2D eigenvalue weighted by atomic mass is 19.4. The lowest BCUT2D eigenvalue weighted by molar-refractivity contribution is -0.137. The van der Waals surface area contributed by atoms with Crippen LogP contribution in [0.1, 0.15) is 29.3 Å². The summed E-state index contributed by atoms with van der Waals surface area (Å²) in [6.45, 7) is 1.70. The van der Waals surface area contributed by atoms with Gasteiger partial charge in [0.2, 0.25) is 5.56 Å². The van der Waals surface area contributed by atoms with Gasteiger partial charge >= 0.3 is 6.18 Å². The number of fused-ring (bicyclic) bond motifs is 1. The second-order valence-corrected chi connectivity index (χ2v) is 5.41. The lowest BCUT2D eigenvalue weighted by Gasteiger charge is -2.24. The maximum absolute atomic E-state index is 14.1. The third-order valence-corrected chi connectivity index (χ3v) is 3.64. The number of halogens is 4. The van der Waals surface area contributed by atoms with Crippen LogP contribution < -0.4 is 5.56 Å². The van der Waals surface area contributed by atoms with Gasteiger partial charge in [0.15, 0.2) is 0 Å². The molecule has 1 aliphatic heterocycles. The summed E-state index contributed by atoms with van der Waals surface area (Å²) in [7, 11) is 0. The number of H-pyrrole nitrogens is 1. The van der Waals surface area contributed by atoms with Crippen LogP contribution >= 0.6 is 0 Å². The second kappa shape index (κ2) is 5.33. The van der Waals surface area contributed by atoms with Crippen LogP contribution in [0.4, 0.5) is 17.6 Å². The molecule has 23 heavy (non-hydrogen) atoms. The average Bonchev–Trinajstić information content (AvgIpc) is 2.44. The summed E-state index contributed by atoms with van der Waals surface area (Å²) in [4.78, 5) is 18.2. The molecule has 3 rings (SSSR count). The van der Waals surface area contributed by atoms with Crippen molar-refractivity contribution in [2.24, 2.45) is 4.99 Å². The molecule has 0 fully saturated rings. The Hall–Kier alpha value is -2.44. The number of nitrogens with zero attached hydrogens (tertiary/aromatic N) is 1. The number of hydrogen-bond donors (Lipinski definition) is 1. The molecule has 1 aromatic carbocycles. The van der Waals surface area contributed by atoms with E-state index in [4.69, 9.17) is 0 Å². The first kappa shape index (κ1) is 15.5. The van der Waals surface area contributed by atoms with E-state index in [9.17, 15) is 22.4 Å². The maximum Gasteiger partial charge on any atom is 0.417 e. The van der Waals surface area contributed by atoms with Crippen molar-refractivity contribution in [2.45, 2.75) is 25.6 Å². The van der Waals surface area contributed by atoms with Gasteiger partial charge < -0.3 is 4.98 Å². The normalized spacial score (nSPS) is 17.6. The third-order valence-electron chi connectivity index (χ3n) is 3.64. The van der Waals surface area contributed by atoms with Crippen LogP contribution in [0.2, 0.25) is 0 Å². The molecule has 2 heterocycles. The van der Waals surface area contributed by atoms with Crippen LogP contribution in [-0.2, 0) is 12.6 Å². The van der Waals surface area contributed by atoms with Gasteiger partial charge in [-0.15, -0.1) is 0 Å². The molecule has 1 aliphatic rings. The highest BCUT2D eigenvalue weighted by Crippen LogP contribution is 2.35. The lowest BCUT2D eigenvalue weighted by atomic mass is 9.90. The van der Waals surface area contributed by atoms with Crippen LogP contribution in [-0.4, -0.2) is 16.7 Å². The van der Waals surface area contributed by atoms with E-state index in [0.717, 1.165) is 6.07 Å². The van der Waals surface area contributed by atoms with Crippen LogP contribution in [0.25, 0.3) is 0 Å². The largest absolute Gasteiger partial charge is 0.417 e. The predicted molar refractivity (Wildman–Crippen MR) is 77.3 cm³/mol. The van der Waals surface area contributed by atoms with Gasteiger partial charge in [-0.25, -0.2) is 4.39 Å². The fourth-order valence-corrected chi connectivity index (χ4v) is 2.74. The molecule has 7 heteroatoms. The molecule has 0 bridgehead atoms. The van der Waals surface area contributed by atoms with E-state index in [1.54, 1.807) is 6.92 Å². The first-order valence-corrected chi connectivity index (χ1v) is 6.94. The number of aromatic amines is 1. The zero-order valence-electron chi connectivity index (χ0n) is 12.0. The minimum Gasteiger partial charge on any atom is -0.325 e. The van der Waals surface area contributed by atoms with E-state index >= 15 is 0 Å². The zero-order valence-corrected chi connectivity index (χ0v) is 12.0. The Morgan fingerprint density at radius 3 is 2.61 bits per heavy atom. The van der Waals surface area contributed by atoms with Crippen LogP contribution in [0, 0.1) is 5.82 Å². The molecular weight excluding hydrogens is 312 g/mol. The SMILES string of the molecule is C[C@H]1Cc2[nH]c(=O)cc(C(F)(F)F)c2C(c2ccccc2F)=N1. The quantitative estimate of drug-likeness (QED) is 0.804. The van der Waals surface area contributed by atoms with Crippen molar-refractivity contribution in [1.29, 1.82) is 0 Å². The molecule has 3 nitrogen and oxygen atoms in total. The topological polar surface area (TPSA) is 45.2 Å². The standard InChI is InChI=1S/C16H12F4N2O/c1-8-6-12-14(10(16(18,19)20)7-13(23)22-12)15(21-8)9-4-2-3-5-11(9)17/h2-5,7-8H,6H2,1H3,(H,22,23)/t8-/m0/s1. The summed E-state index contributed by atoms with van der Waals surface area (Å²) >= 11 is 0. The number of benzene rings is 1. The van der Waals surface area contributed by atoms with Crippen molar-refractivity contribution in [3.8, 4) is 0 Å². The minimum absolute atomic E-state index is 0.0159. The van der Waals surface area contributed by atoms with Crippen molar-refractivity contribution >= 4 is 5.71 Å². The summed E-state index contributed by atoms with van der Waals surface area (Å²) in [5.74, 6) is -0.661. The highest BCUT2D eigenvalue weighted by Gasteiger charge is 2.38. The van der Waals surface area contributed by atoms with Gasteiger partial charge in [-0.1, -0.05) is 12.1 Å². The first-order chi connectivity index (χ1) is 10.8. The summed E-state index contributed by atoms with van der Waals surface area (Å²) < 4.78 is 54.1. The van der Waals surface area contributed by atoms with Gasteiger partial charge in [-0.3, -0.25) is 9.79 Å². The maximum atomic E-state index is 14.1. The smallest absolute Gasteiger partial charge is 0.325 e. The molecule has 2 aromatic rings. The van der Waals surface area contributed by atoms with Crippen molar-refractivity contribution < 1.29 is 17.6 Å². The molecule has 1 aromatic heterocycles. The molecule has 1 N–H and O–H groups in total. The van der Waals surface area contributed by atoms with E-state index in [-0.39, 0.29) is 35.0 Å². The van der Waals surface area contributed by atoms with E-state index in [0.29, 0.717) is 6.07 Å². The molecule has 0 amide bonds. The third kappa shape index (κ3) is 2.78. The van der Waals surface area contributed by atoms with Gasteiger partial charge in [0.1, 0.15) is 5.82 Å². The Morgan fingerprint density at radius 2 is 1.96 bits per heavy atom. The van der Waals surface area contributed by atoms with E-state index in [1.807, 2.05) is 0 Å². The number of rotatable bonds is 1. The summed E-state index contributed by atoms with van der Waals surface area (Å²) in [6, 6.07) is 5.64. The number of nitrogens with one attached hydrogen (secondary N) is 1. The lowest BCUT2D eigenvalue weighted by Crippen LogP contribution is -2.29. The van der Waals surface area contributed by atoms with E-state index in [2.05, 4.69) is 9.98 Å². The Balaban J connectivity index is 2.34. The monoisotopic (exact) mass is 324 g/mol. The van der Waals surface area contributed by atoms with Crippen LogP contribution in [0.15, 0.2) is 40.1 Å². The number of hydrogen-bond acceptors (Lipinski definition) is 2. The Morgan fingerprint density at radius 1 is 1.26 bits per heavy atom. The molecule has 0 spiro atoms. The van der Waals surface area contributed by atoms with Gasteiger partial charge in [0.05, 0.1) is 17.3 Å². The Bertz CT molecular complexity index is 852. The first-order valence-electron chi connectivity index (χ1n) is 6.94. The summed E-state index contributed by atoms with van der Waals surface area (Å²) in [5, 5.41) is 0. The van der Waals surface area contributed by atoms with Gasteiger partial charge in [-0.05, 0) is 19.1 Å². The second-order valence-electron chi connectivity index (χ2n) is 5.41. The number of alkyl halides is 3. The van der Waals surface area contributed by atoms with Crippen molar-refractivity contribution in [2.75, 3.05) is 0 Å².